The van der Waals surface area contributed by atoms with Crippen molar-refractivity contribution in [3.63, 3.8) is 0 Å². The second-order valence-corrected chi connectivity index (χ2v) is 3.93. The van der Waals surface area contributed by atoms with Crippen LogP contribution in [0, 0.1) is 0 Å². The fourth-order valence-electron chi connectivity index (χ4n) is 2.31. The third kappa shape index (κ3) is 1.17. The number of hydrogen-bond acceptors (Lipinski definition) is 1. The van der Waals surface area contributed by atoms with Crippen LogP contribution in [0.3, 0.4) is 0 Å². The van der Waals surface area contributed by atoms with Gasteiger partial charge in [-0.3, -0.25) is 0 Å². The second kappa shape index (κ2) is 2.96. The third-order valence-electron chi connectivity index (χ3n) is 2.96. The molecule has 2 aliphatic rings. The molecule has 1 fully saturated rings. The number of hydrogen-bond donors (Lipinski definition) is 0. The van der Waals surface area contributed by atoms with Gasteiger partial charge >= 0.3 is 0 Å². The van der Waals surface area contributed by atoms with E-state index in [1.165, 1.54) is 50.0 Å². The molecule has 1 aliphatic carbocycles. The first kappa shape index (κ1) is 7.90. The van der Waals surface area contributed by atoms with E-state index in [4.69, 9.17) is 0 Å². The smallest absolute Gasteiger partial charge is 0.0382 e. The zero-order valence-electron chi connectivity index (χ0n) is 7.90. The lowest BCUT2D eigenvalue weighted by molar-refractivity contribution is 0.433. The van der Waals surface area contributed by atoms with Gasteiger partial charge in [0.05, 0.1) is 0 Å². The van der Waals surface area contributed by atoms with Crippen LogP contribution in [-0.4, -0.2) is 18.0 Å². The van der Waals surface area contributed by atoms with Gasteiger partial charge in [0.1, 0.15) is 0 Å². The molecule has 0 aromatic carbocycles. The molecule has 0 saturated carbocycles. The molecule has 1 heteroatoms. The molecular formula is C11H17N. The average molecular weight is 163 g/mol. The minimum absolute atomic E-state index is 1.19. The molecule has 1 heterocycles. The number of nitrogens with zero attached hydrogens (tertiary/aromatic N) is 1. The van der Waals surface area contributed by atoms with Crippen molar-refractivity contribution in [2.75, 3.05) is 13.1 Å². The van der Waals surface area contributed by atoms with Gasteiger partial charge in [-0.1, -0.05) is 6.58 Å². The zero-order valence-corrected chi connectivity index (χ0v) is 7.90. The van der Waals surface area contributed by atoms with Crippen molar-refractivity contribution < 1.29 is 0 Å². The monoisotopic (exact) mass is 163 g/mol. The molecule has 0 unspecified atom stereocenters. The van der Waals surface area contributed by atoms with Gasteiger partial charge in [-0.25, -0.2) is 0 Å². The summed E-state index contributed by atoms with van der Waals surface area (Å²) in [4.78, 5) is 2.52. The molecule has 0 spiro atoms. The largest absolute Gasteiger partial charge is 0.371 e. The molecule has 0 aromatic heterocycles. The van der Waals surface area contributed by atoms with Crippen LogP contribution < -0.4 is 0 Å². The summed E-state index contributed by atoms with van der Waals surface area (Å²) in [6.45, 7) is 8.90. The molecule has 1 aliphatic heterocycles. The Labute approximate surface area is 74.8 Å². The highest BCUT2D eigenvalue weighted by molar-refractivity contribution is 5.37. The normalized spacial score (nSPS) is 24.4. The van der Waals surface area contributed by atoms with Crippen molar-refractivity contribution in [1.29, 1.82) is 0 Å². The molecular weight excluding hydrogens is 146 g/mol. The Hall–Kier alpha value is -0.720. The van der Waals surface area contributed by atoms with Crippen LogP contribution in [-0.2, 0) is 0 Å². The fourth-order valence-corrected chi connectivity index (χ4v) is 2.31. The van der Waals surface area contributed by atoms with E-state index in [1.54, 1.807) is 5.57 Å². The SMILES string of the molecule is C=C1CCC(C)=C1N1CCCC1. The van der Waals surface area contributed by atoms with Crippen molar-refractivity contribution >= 4 is 0 Å². The van der Waals surface area contributed by atoms with Crippen LogP contribution in [0.25, 0.3) is 0 Å². The second-order valence-electron chi connectivity index (χ2n) is 3.93. The highest BCUT2D eigenvalue weighted by Gasteiger charge is 2.22. The quantitative estimate of drug-likeness (QED) is 0.574. The Morgan fingerprint density at radius 3 is 2.33 bits per heavy atom. The zero-order chi connectivity index (χ0) is 8.55. The maximum Gasteiger partial charge on any atom is 0.0382 e. The predicted octanol–water partition coefficient (Wildman–Crippen LogP) is 2.71. The summed E-state index contributed by atoms with van der Waals surface area (Å²) in [5.74, 6) is 0. The molecule has 0 bridgehead atoms. The molecule has 0 N–H and O–H groups in total. The summed E-state index contributed by atoms with van der Waals surface area (Å²) in [6, 6.07) is 0. The molecule has 1 saturated heterocycles. The molecule has 0 amide bonds. The number of rotatable bonds is 1. The number of likely N-dealkylation sites (tertiary alicyclic amines) is 1. The lowest BCUT2D eigenvalue weighted by Crippen LogP contribution is -2.18. The first-order valence-electron chi connectivity index (χ1n) is 4.92. The first-order valence-corrected chi connectivity index (χ1v) is 4.92. The van der Waals surface area contributed by atoms with E-state index in [0.29, 0.717) is 0 Å². The number of allylic oxidation sites excluding steroid dienone is 2. The highest BCUT2D eigenvalue weighted by atomic mass is 15.2. The summed E-state index contributed by atoms with van der Waals surface area (Å²) < 4.78 is 0. The Morgan fingerprint density at radius 2 is 1.83 bits per heavy atom. The van der Waals surface area contributed by atoms with E-state index in [9.17, 15) is 0 Å². The standard InChI is InChI=1S/C11H17N/c1-9-5-6-10(2)11(9)12-7-3-4-8-12/h1,3-8H2,2H3. The summed E-state index contributed by atoms with van der Waals surface area (Å²) in [5.41, 5.74) is 4.42. The lowest BCUT2D eigenvalue weighted by atomic mass is 10.2. The van der Waals surface area contributed by atoms with Gasteiger partial charge in [0, 0.05) is 18.8 Å². The topological polar surface area (TPSA) is 3.24 Å². The van der Waals surface area contributed by atoms with Crippen LogP contribution in [0.2, 0.25) is 0 Å². The molecule has 2 rings (SSSR count). The fraction of sp³-hybridized carbons (Fsp3) is 0.636. The summed E-state index contributed by atoms with van der Waals surface area (Å²) in [6.07, 6.45) is 5.16. The van der Waals surface area contributed by atoms with Crippen LogP contribution in [0.15, 0.2) is 23.4 Å². The third-order valence-corrected chi connectivity index (χ3v) is 2.96. The van der Waals surface area contributed by atoms with E-state index in [1.807, 2.05) is 0 Å². The van der Waals surface area contributed by atoms with Crippen LogP contribution >= 0.6 is 0 Å². The summed E-state index contributed by atoms with van der Waals surface area (Å²) in [7, 11) is 0. The highest BCUT2D eigenvalue weighted by Crippen LogP contribution is 2.33. The van der Waals surface area contributed by atoms with Crippen molar-refractivity contribution in [2.24, 2.45) is 0 Å². The van der Waals surface area contributed by atoms with Gasteiger partial charge in [0.25, 0.3) is 0 Å². The van der Waals surface area contributed by atoms with E-state index in [0.717, 1.165) is 0 Å². The molecule has 0 radical (unpaired) electrons. The van der Waals surface area contributed by atoms with Crippen LogP contribution in [0.1, 0.15) is 32.6 Å². The van der Waals surface area contributed by atoms with Gasteiger partial charge in [-0.05, 0) is 43.8 Å². The van der Waals surface area contributed by atoms with Gasteiger partial charge < -0.3 is 4.90 Å². The minimum atomic E-state index is 1.19. The van der Waals surface area contributed by atoms with E-state index in [-0.39, 0.29) is 0 Å². The van der Waals surface area contributed by atoms with E-state index >= 15 is 0 Å². The summed E-state index contributed by atoms with van der Waals surface area (Å²) >= 11 is 0. The molecule has 0 atom stereocenters. The maximum absolute atomic E-state index is 4.13. The average Bonchev–Trinajstić information content (AvgIpc) is 2.61. The van der Waals surface area contributed by atoms with Gasteiger partial charge in [-0.2, -0.15) is 0 Å². The van der Waals surface area contributed by atoms with Crippen LogP contribution in [0.4, 0.5) is 0 Å². The maximum atomic E-state index is 4.13. The van der Waals surface area contributed by atoms with E-state index in [2.05, 4.69) is 18.4 Å². The van der Waals surface area contributed by atoms with Gasteiger partial charge in [0.15, 0.2) is 0 Å². The minimum Gasteiger partial charge on any atom is -0.371 e. The molecule has 12 heavy (non-hydrogen) atoms. The van der Waals surface area contributed by atoms with Crippen LogP contribution in [0.5, 0.6) is 0 Å². The van der Waals surface area contributed by atoms with E-state index < -0.39 is 0 Å². The molecule has 0 aromatic rings. The molecule has 1 nitrogen and oxygen atoms in total. The van der Waals surface area contributed by atoms with Gasteiger partial charge in [-0.15, -0.1) is 0 Å². The lowest BCUT2D eigenvalue weighted by Gasteiger charge is -2.21. The Balaban J connectivity index is 2.19. The first-order chi connectivity index (χ1) is 5.79. The van der Waals surface area contributed by atoms with Crippen molar-refractivity contribution in [3.05, 3.63) is 23.4 Å². The van der Waals surface area contributed by atoms with Crippen molar-refractivity contribution in [1.82, 2.24) is 4.90 Å². The predicted molar refractivity (Wildman–Crippen MR) is 51.9 cm³/mol. The Bertz CT molecular complexity index is 231. The van der Waals surface area contributed by atoms with Crippen molar-refractivity contribution in [3.8, 4) is 0 Å². The summed E-state index contributed by atoms with van der Waals surface area (Å²) in [5, 5.41) is 0. The Morgan fingerprint density at radius 1 is 1.17 bits per heavy atom. The van der Waals surface area contributed by atoms with Gasteiger partial charge in [0.2, 0.25) is 0 Å². The molecule has 66 valence electrons. The van der Waals surface area contributed by atoms with Crippen molar-refractivity contribution in [2.45, 2.75) is 32.6 Å². The Kier molecular flexibility index (Phi) is 1.95.